The number of halogens is 2. The van der Waals surface area contributed by atoms with Gasteiger partial charge in [-0.05, 0) is 36.1 Å². The van der Waals surface area contributed by atoms with Crippen molar-refractivity contribution in [1.29, 1.82) is 0 Å². The molecule has 0 heterocycles. The summed E-state index contributed by atoms with van der Waals surface area (Å²) >= 11 is 0. The highest BCUT2D eigenvalue weighted by Crippen LogP contribution is 2.47. The number of carbonyl (C=O) groups excluding carboxylic acids is 1. The Hall–Kier alpha value is -2.16. The van der Waals surface area contributed by atoms with Crippen LogP contribution in [0, 0.1) is 5.82 Å². The lowest BCUT2D eigenvalue weighted by atomic mass is 9.96. The summed E-state index contributed by atoms with van der Waals surface area (Å²) in [4.78, 5) is 16.2. The minimum absolute atomic E-state index is 0. The highest BCUT2D eigenvalue weighted by atomic mass is 127. The van der Waals surface area contributed by atoms with Gasteiger partial charge in [-0.15, -0.1) is 24.0 Å². The molecule has 5 nitrogen and oxygen atoms in total. The van der Waals surface area contributed by atoms with E-state index in [9.17, 15) is 9.18 Å². The van der Waals surface area contributed by atoms with Crippen molar-refractivity contribution in [3.8, 4) is 0 Å². The summed E-state index contributed by atoms with van der Waals surface area (Å²) in [6.45, 7) is 1.71. The lowest BCUT2D eigenvalue weighted by molar-refractivity contribution is -0.121. The third kappa shape index (κ3) is 6.99. The number of rotatable bonds is 8. The van der Waals surface area contributed by atoms with Crippen molar-refractivity contribution in [3.63, 3.8) is 0 Å². The minimum atomic E-state index is -0.201. The number of benzene rings is 2. The molecule has 0 saturated heterocycles. The largest absolute Gasteiger partial charge is 0.356 e. The molecule has 0 aromatic heterocycles. The molecular formula is C22H28FIN4O. The summed E-state index contributed by atoms with van der Waals surface area (Å²) in [5.74, 6) is 0.441. The fraction of sp³-hybridized carbons (Fsp3) is 0.364. The Labute approximate surface area is 188 Å². The van der Waals surface area contributed by atoms with E-state index >= 15 is 0 Å². The van der Waals surface area contributed by atoms with Crippen LogP contribution in [0.4, 0.5) is 4.39 Å². The molecule has 2 aromatic carbocycles. The van der Waals surface area contributed by atoms with Crippen molar-refractivity contribution in [3.05, 3.63) is 71.5 Å². The molecule has 0 bridgehead atoms. The van der Waals surface area contributed by atoms with Gasteiger partial charge in [-0.25, -0.2) is 4.39 Å². The molecule has 1 aliphatic rings. The molecule has 0 unspecified atom stereocenters. The van der Waals surface area contributed by atoms with Crippen molar-refractivity contribution < 1.29 is 9.18 Å². The van der Waals surface area contributed by atoms with Gasteiger partial charge in [0.15, 0.2) is 5.96 Å². The Morgan fingerprint density at radius 1 is 1.07 bits per heavy atom. The molecule has 156 valence electrons. The van der Waals surface area contributed by atoms with Crippen molar-refractivity contribution in [2.45, 2.75) is 31.2 Å². The van der Waals surface area contributed by atoms with Gasteiger partial charge in [0.25, 0.3) is 0 Å². The average molecular weight is 510 g/mol. The molecule has 1 saturated carbocycles. The van der Waals surface area contributed by atoms with Gasteiger partial charge in [0.05, 0.1) is 0 Å². The lowest BCUT2D eigenvalue weighted by Gasteiger charge is -2.19. The molecule has 29 heavy (non-hydrogen) atoms. The van der Waals surface area contributed by atoms with E-state index in [0.717, 1.165) is 24.0 Å². The highest BCUT2D eigenvalue weighted by molar-refractivity contribution is 14.0. The zero-order valence-electron chi connectivity index (χ0n) is 16.6. The van der Waals surface area contributed by atoms with Crippen LogP contribution < -0.4 is 16.0 Å². The second-order valence-corrected chi connectivity index (χ2v) is 7.16. The number of hydrogen-bond acceptors (Lipinski definition) is 2. The molecule has 7 heteroatoms. The number of aliphatic imine (C=N–C) groups is 1. The maximum absolute atomic E-state index is 13.5. The molecule has 2 aromatic rings. The van der Waals surface area contributed by atoms with Gasteiger partial charge in [-0.1, -0.05) is 42.5 Å². The molecule has 0 aliphatic heterocycles. The minimum Gasteiger partial charge on any atom is -0.356 e. The first-order valence-electron chi connectivity index (χ1n) is 9.62. The first-order chi connectivity index (χ1) is 13.6. The number of hydrogen-bond donors (Lipinski definition) is 3. The number of carbonyl (C=O) groups is 1. The fourth-order valence-corrected chi connectivity index (χ4v) is 3.19. The van der Waals surface area contributed by atoms with Crippen LogP contribution in [-0.2, 0) is 16.8 Å². The summed E-state index contributed by atoms with van der Waals surface area (Å²) in [7, 11) is 1.70. The van der Waals surface area contributed by atoms with Crippen molar-refractivity contribution in [2.75, 3.05) is 20.1 Å². The summed E-state index contributed by atoms with van der Waals surface area (Å²) in [6.07, 6.45) is 2.42. The molecular weight excluding hydrogens is 482 g/mol. The fourth-order valence-electron chi connectivity index (χ4n) is 3.19. The van der Waals surface area contributed by atoms with Gasteiger partial charge in [-0.2, -0.15) is 0 Å². The number of guanidine groups is 1. The van der Waals surface area contributed by atoms with E-state index in [4.69, 9.17) is 0 Å². The quantitative estimate of drug-likeness (QED) is 0.290. The van der Waals surface area contributed by atoms with Crippen LogP contribution in [-0.4, -0.2) is 32.0 Å². The monoisotopic (exact) mass is 510 g/mol. The summed E-state index contributed by atoms with van der Waals surface area (Å²) in [5, 5.41) is 9.38. The van der Waals surface area contributed by atoms with Crippen LogP contribution in [0.25, 0.3) is 0 Å². The summed E-state index contributed by atoms with van der Waals surface area (Å²) in [6, 6.07) is 16.6. The third-order valence-corrected chi connectivity index (χ3v) is 5.09. The second kappa shape index (κ2) is 11.1. The Morgan fingerprint density at radius 2 is 1.83 bits per heavy atom. The third-order valence-electron chi connectivity index (χ3n) is 5.09. The number of amides is 1. The van der Waals surface area contributed by atoms with Crippen LogP contribution in [0.3, 0.4) is 0 Å². The molecule has 1 amide bonds. The van der Waals surface area contributed by atoms with E-state index < -0.39 is 0 Å². The Morgan fingerprint density at radius 3 is 2.48 bits per heavy atom. The van der Waals surface area contributed by atoms with Crippen LogP contribution in [0.15, 0.2) is 59.6 Å². The first-order valence-corrected chi connectivity index (χ1v) is 9.62. The zero-order chi connectivity index (χ0) is 19.8. The molecule has 3 rings (SSSR count). The van der Waals surface area contributed by atoms with E-state index in [2.05, 4.69) is 20.9 Å². The van der Waals surface area contributed by atoms with E-state index in [-0.39, 0.29) is 41.1 Å². The van der Waals surface area contributed by atoms with E-state index in [1.54, 1.807) is 19.2 Å². The highest BCUT2D eigenvalue weighted by Gasteiger charge is 2.44. The van der Waals surface area contributed by atoms with Crippen molar-refractivity contribution in [2.24, 2.45) is 4.99 Å². The Kier molecular flexibility index (Phi) is 8.88. The smallest absolute Gasteiger partial charge is 0.222 e. The number of nitrogens with zero attached hydrogens (tertiary/aromatic N) is 1. The van der Waals surface area contributed by atoms with Gasteiger partial charge in [-0.3, -0.25) is 9.79 Å². The lowest BCUT2D eigenvalue weighted by Crippen LogP contribution is -2.42. The van der Waals surface area contributed by atoms with E-state index in [0.29, 0.717) is 32.0 Å². The molecule has 0 atom stereocenters. The van der Waals surface area contributed by atoms with E-state index in [1.807, 2.05) is 36.4 Å². The summed E-state index contributed by atoms with van der Waals surface area (Å²) in [5.41, 5.74) is 2.08. The first kappa shape index (κ1) is 23.1. The standard InChI is InChI=1S/C22H27FN4O.HI/c1-24-21(25-13-10-20(28)26-15-17-6-3-2-4-7-17)27-16-22(11-12-22)18-8-5-9-19(23)14-18;/h2-9,14H,10-13,15-16H2,1H3,(H,26,28)(H2,24,25,27);1H. The maximum atomic E-state index is 13.5. The van der Waals surface area contributed by atoms with Crippen LogP contribution in [0.5, 0.6) is 0 Å². The Balaban J connectivity index is 0.00000300. The molecule has 1 fully saturated rings. The predicted molar refractivity (Wildman–Crippen MR) is 125 cm³/mol. The van der Waals surface area contributed by atoms with Crippen molar-refractivity contribution in [1.82, 2.24) is 16.0 Å². The molecule has 3 N–H and O–H groups in total. The molecule has 1 aliphatic carbocycles. The van der Waals surface area contributed by atoms with Gasteiger partial charge in [0.1, 0.15) is 5.82 Å². The molecule has 0 spiro atoms. The Bertz CT molecular complexity index is 825. The SMILES string of the molecule is CN=C(NCCC(=O)NCc1ccccc1)NCC1(c2cccc(F)c2)CC1.I. The van der Waals surface area contributed by atoms with Crippen molar-refractivity contribution >= 4 is 35.8 Å². The topological polar surface area (TPSA) is 65.5 Å². The van der Waals surface area contributed by atoms with Gasteiger partial charge in [0, 0.05) is 38.5 Å². The van der Waals surface area contributed by atoms with Crippen LogP contribution in [0.2, 0.25) is 0 Å². The van der Waals surface area contributed by atoms with Crippen LogP contribution in [0.1, 0.15) is 30.4 Å². The zero-order valence-corrected chi connectivity index (χ0v) is 18.9. The average Bonchev–Trinajstić information content (AvgIpc) is 3.51. The van der Waals surface area contributed by atoms with Gasteiger partial charge < -0.3 is 16.0 Å². The molecule has 0 radical (unpaired) electrons. The van der Waals surface area contributed by atoms with Gasteiger partial charge >= 0.3 is 0 Å². The maximum Gasteiger partial charge on any atom is 0.222 e. The van der Waals surface area contributed by atoms with Crippen LogP contribution >= 0.6 is 24.0 Å². The normalized spacial score (nSPS) is 14.5. The van der Waals surface area contributed by atoms with E-state index in [1.165, 1.54) is 6.07 Å². The predicted octanol–water partition coefficient (Wildman–Crippen LogP) is 3.35. The summed E-state index contributed by atoms with van der Waals surface area (Å²) < 4.78 is 13.5. The number of nitrogens with one attached hydrogen (secondary N) is 3. The second-order valence-electron chi connectivity index (χ2n) is 7.16. The van der Waals surface area contributed by atoms with Gasteiger partial charge in [0.2, 0.25) is 5.91 Å².